The summed E-state index contributed by atoms with van der Waals surface area (Å²) in [7, 11) is 0. The van der Waals surface area contributed by atoms with Crippen LogP contribution in [-0.4, -0.2) is 71.1 Å². The molecule has 29 heavy (non-hydrogen) atoms. The van der Waals surface area contributed by atoms with Crippen LogP contribution in [0.3, 0.4) is 0 Å². The third kappa shape index (κ3) is 3.61. The van der Waals surface area contributed by atoms with E-state index in [0.717, 1.165) is 17.7 Å². The van der Waals surface area contributed by atoms with Gasteiger partial charge in [-0.1, -0.05) is 0 Å². The number of carboxylic acids is 1. The summed E-state index contributed by atoms with van der Waals surface area (Å²) in [4.78, 5) is 48.6. The number of alkyl halides is 3. The van der Waals surface area contributed by atoms with Crippen LogP contribution in [0.15, 0.2) is 11.3 Å². The van der Waals surface area contributed by atoms with Gasteiger partial charge in [0.2, 0.25) is 0 Å². The van der Waals surface area contributed by atoms with E-state index in [4.69, 9.17) is 4.74 Å². The molecule has 0 spiro atoms. The van der Waals surface area contributed by atoms with Crippen molar-refractivity contribution in [3.63, 3.8) is 0 Å². The molecule has 13 heteroatoms. The third-order valence-electron chi connectivity index (χ3n) is 5.49. The molecule has 4 rings (SSSR count). The monoisotopic (exact) mass is 425 g/mol. The molecule has 3 atom stereocenters. The number of amides is 3. The van der Waals surface area contributed by atoms with E-state index in [-0.39, 0.29) is 54.1 Å². The zero-order valence-corrected chi connectivity index (χ0v) is 17.3. The van der Waals surface area contributed by atoms with Crippen molar-refractivity contribution in [2.75, 3.05) is 13.2 Å². The SMILES string of the molecule is O=C(NC1CC1)OCC1=C(C(=O)[O-])N2C(=O)[C@@H]3[C@H]2C1CCN3C(=O)C(F)(F)F.[Na+]. The average molecular weight is 425 g/mol. The van der Waals surface area contributed by atoms with E-state index in [1.165, 1.54) is 0 Å². The van der Waals surface area contributed by atoms with Crippen LogP contribution in [0.25, 0.3) is 0 Å². The van der Waals surface area contributed by atoms with Crippen LogP contribution in [0.4, 0.5) is 18.0 Å². The number of aliphatic carboxylic acids is 1. The van der Waals surface area contributed by atoms with Crippen molar-refractivity contribution in [1.82, 2.24) is 15.1 Å². The third-order valence-corrected chi connectivity index (χ3v) is 5.49. The summed E-state index contributed by atoms with van der Waals surface area (Å²) in [5, 5.41) is 14.1. The van der Waals surface area contributed by atoms with E-state index < -0.39 is 60.4 Å². The number of piperidine rings is 1. The van der Waals surface area contributed by atoms with Crippen molar-refractivity contribution in [3.05, 3.63) is 11.3 Å². The van der Waals surface area contributed by atoms with Crippen LogP contribution in [0.1, 0.15) is 19.3 Å². The molecule has 2 saturated heterocycles. The van der Waals surface area contributed by atoms with Gasteiger partial charge in [-0.3, -0.25) is 9.59 Å². The molecule has 3 heterocycles. The molecular weight excluding hydrogens is 410 g/mol. The van der Waals surface area contributed by atoms with Gasteiger partial charge in [0.05, 0.1) is 17.7 Å². The van der Waals surface area contributed by atoms with E-state index in [1.807, 2.05) is 0 Å². The number of likely N-dealkylation sites (tertiary alicyclic amines) is 1. The van der Waals surface area contributed by atoms with Gasteiger partial charge in [0, 0.05) is 18.5 Å². The fourth-order valence-corrected chi connectivity index (χ4v) is 4.15. The predicted molar refractivity (Wildman–Crippen MR) is 79.8 cm³/mol. The maximum atomic E-state index is 12.8. The Morgan fingerprint density at radius 2 is 1.86 bits per heavy atom. The van der Waals surface area contributed by atoms with E-state index >= 15 is 0 Å². The molecule has 3 amide bonds. The van der Waals surface area contributed by atoms with Crippen molar-refractivity contribution in [2.45, 2.75) is 43.6 Å². The molecular formula is C16H15F3N3NaO6. The van der Waals surface area contributed by atoms with Gasteiger partial charge >= 0.3 is 47.7 Å². The molecule has 1 aliphatic carbocycles. The van der Waals surface area contributed by atoms with Crippen molar-refractivity contribution >= 4 is 23.9 Å². The number of carbonyl (C=O) groups is 4. The number of rotatable bonds is 4. The van der Waals surface area contributed by atoms with Gasteiger partial charge in [-0.2, -0.15) is 13.2 Å². The number of hydrogen-bond donors (Lipinski definition) is 1. The fraction of sp³-hybridized carbons (Fsp3) is 0.625. The normalized spacial score (nSPS) is 27.7. The number of nitrogens with one attached hydrogen (secondary N) is 1. The number of alkyl carbamates (subject to hydrolysis) is 1. The van der Waals surface area contributed by atoms with E-state index in [0.29, 0.717) is 4.90 Å². The first kappa shape index (κ1) is 21.9. The summed E-state index contributed by atoms with van der Waals surface area (Å²) in [6, 6.07) is -2.29. The standard InChI is InChI=1S/C16H16F3N3O6.Na/c17-16(18,19)14(26)21-4-3-7-8(5-28-15(27)20-6-1-2-6)10(13(24)25)22-9(7)11(21)12(22)23;/h6-7,9,11H,1-5H2,(H,20,27)(H,24,25);/q;+1/p-1/t7?,9-,11+;/m1./s1. The average Bonchev–Trinajstić information content (AvgIpc) is 3.36. The van der Waals surface area contributed by atoms with Crippen LogP contribution in [0.2, 0.25) is 0 Å². The molecule has 3 aliphatic heterocycles. The minimum atomic E-state index is -5.14. The summed E-state index contributed by atoms with van der Waals surface area (Å²) in [5.74, 6) is -5.35. The molecule has 3 fully saturated rings. The van der Waals surface area contributed by atoms with Crippen molar-refractivity contribution in [1.29, 1.82) is 0 Å². The largest absolute Gasteiger partial charge is 1.00 e. The molecule has 0 radical (unpaired) electrons. The predicted octanol–water partition coefficient (Wildman–Crippen LogP) is -4.11. The number of halogens is 3. The maximum Gasteiger partial charge on any atom is 1.00 e. The number of β-lactam (4-membered cyclic amide) rings is 1. The number of hydrogen-bond acceptors (Lipinski definition) is 6. The van der Waals surface area contributed by atoms with Crippen LogP contribution < -0.4 is 40.0 Å². The zero-order chi connectivity index (χ0) is 20.4. The van der Waals surface area contributed by atoms with Gasteiger partial charge in [0.15, 0.2) is 0 Å². The minimum absolute atomic E-state index is 0. The molecule has 0 aromatic heterocycles. The van der Waals surface area contributed by atoms with Gasteiger partial charge < -0.3 is 29.8 Å². The van der Waals surface area contributed by atoms with Gasteiger partial charge in [0.1, 0.15) is 12.6 Å². The second kappa shape index (κ2) is 7.47. The first-order valence-electron chi connectivity index (χ1n) is 8.69. The summed E-state index contributed by atoms with van der Waals surface area (Å²) in [5.41, 5.74) is -0.373. The van der Waals surface area contributed by atoms with Crippen LogP contribution >= 0.6 is 0 Å². The topological polar surface area (TPSA) is 119 Å². The Labute approximate surface area is 184 Å². The maximum absolute atomic E-state index is 12.8. The Morgan fingerprint density at radius 1 is 1.21 bits per heavy atom. The van der Waals surface area contributed by atoms with Gasteiger partial charge in [-0.05, 0) is 24.8 Å². The molecule has 1 saturated carbocycles. The Morgan fingerprint density at radius 3 is 2.41 bits per heavy atom. The Hall–Kier alpha value is -1.79. The van der Waals surface area contributed by atoms with Gasteiger partial charge in [0.25, 0.3) is 5.91 Å². The van der Waals surface area contributed by atoms with Crippen LogP contribution in [0, 0.1) is 5.92 Å². The van der Waals surface area contributed by atoms with E-state index in [2.05, 4.69) is 5.32 Å². The number of carboxylic acid groups (broad SMARTS) is 1. The van der Waals surface area contributed by atoms with E-state index in [1.54, 1.807) is 0 Å². The second-order valence-electron chi connectivity index (χ2n) is 7.19. The molecule has 152 valence electrons. The number of carbonyl (C=O) groups excluding carboxylic acids is 4. The number of ether oxygens (including phenoxy) is 1. The summed E-state index contributed by atoms with van der Waals surface area (Å²) in [6.07, 6.45) is -4.23. The Balaban J connectivity index is 0.00000240. The smallest absolute Gasteiger partial charge is 0.543 e. The van der Waals surface area contributed by atoms with Crippen LogP contribution in [0.5, 0.6) is 0 Å². The molecule has 0 bridgehead atoms. The van der Waals surface area contributed by atoms with Crippen LogP contribution in [-0.2, 0) is 19.1 Å². The Bertz CT molecular complexity index is 812. The summed E-state index contributed by atoms with van der Waals surface area (Å²) < 4.78 is 43.4. The first-order chi connectivity index (χ1) is 13.1. The summed E-state index contributed by atoms with van der Waals surface area (Å²) in [6.45, 7) is -0.783. The van der Waals surface area contributed by atoms with Crippen molar-refractivity contribution < 1.29 is 71.8 Å². The Kier molecular flexibility index (Phi) is 5.65. The molecule has 9 nitrogen and oxygen atoms in total. The molecule has 1 N–H and O–H groups in total. The minimum Gasteiger partial charge on any atom is -0.543 e. The van der Waals surface area contributed by atoms with Gasteiger partial charge in [-0.25, -0.2) is 4.79 Å². The van der Waals surface area contributed by atoms with E-state index in [9.17, 15) is 37.5 Å². The zero-order valence-electron chi connectivity index (χ0n) is 15.3. The van der Waals surface area contributed by atoms with Crippen molar-refractivity contribution in [3.8, 4) is 0 Å². The first-order valence-corrected chi connectivity index (χ1v) is 8.69. The molecule has 0 aromatic rings. The molecule has 1 unspecified atom stereocenters. The number of nitrogens with zero attached hydrogens (tertiary/aromatic N) is 2. The molecule has 4 aliphatic rings. The molecule has 0 aromatic carbocycles. The van der Waals surface area contributed by atoms with Gasteiger partial charge in [-0.15, -0.1) is 0 Å². The second-order valence-corrected chi connectivity index (χ2v) is 7.19. The van der Waals surface area contributed by atoms with Crippen molar-refractivity contribution in [2.24, 2.45) is 5.92 Å². The summed E-state index contributed by atoms with van der Waals surface area (Å²) >= 11 is 0. The quantitative estimate of drug-likeness (QED) is 0.361. The fourth-order valence-electron chi connectivity index (χ4n) is 4.15.